The highest BCUT2D eigenvalue weighted by molar-refractivity contribution is 7.71. The third-order valence-corrected chi connectivity index (χ3v) is 3.70. The van der Waals surface area contributed by atoms with E-state index in [1.165, 1.54) is 6.07 Å². The Morgan fingerprint density at radius 1 is 1.50 bits per heavy atom. The fourth-order valence-corrected chi connectivity index (χ4v) is 2.81. The molecule has 1 aromatic carbocycles. The second kappa shape index (κ2) is 3.91. The zero-order valence-electron chi connectivity index (χ0n) is 9.81. The highest BCUT2D eigenvalue weighted by Gasteiger charge is 2.32. The van der Waals surface area contributed by atoms with Crippen LogP contribution in [0.4, 0.5) is 4.39 Å². The van der Waals surface area contributed by atoms with Gasteiger partial charge in [0.1, 0.15) is 17.4 Å². The molecule has 0 aliphatic carbocycles. The van der Waals surface area contributed by atoms with Crippen LogP contribution in [0.2, 0.25) is 0 Å². The number of aromatic amines is 1. The van der Waals surface area contributed by atoms with Crippen molar-refractivity contribution in [3.05, 3.63) is 28.8 Å². The molecule has 1 aliphatic heterocycles. The van der Waals surface area contributed by atoms with Gasteiger partial charge in [0.15, 0.2) is 4.77 Å². The number of carbonyl (C=O) groups excluding carboxylic acids is 1. The van der Waals surface area contributed by atoms with Crippen LogP contribution >= 0.6 is 12.2 Å². The van der Waals surface area contributed by atoms with Crippen LogP contribution in [-0.4, -0.2) is 34.0 Å². The third kappa shape index (κ3) is 1.49. The van der Waals surface area contributed by atoms with Crippen LogP contribution in [0, 0.1) is 10.6 Å². The van der Waals surface area contributed by atoms with Gasteiger partial charge in [-0.1, -0.05) is 6.07 Å². The zero-order valence-corrected chi connectivity index (χ0v) is 10.6. The number of hydrogen-bond acceptors (Lipinski definition) is 2. The molecular weight excluding hydrogens is 253 g/mol. The summed E-state index contributed by atoms with van der Waals surface area (Å²) < 4.78 is 15.9. The number of hydrogen-bond donors (Lipinski definition) is 1. The van der Waals surface area contributed by atoms with Gasteiger partial charge in [0.25, 0.3) is 0 Å². The zero-order chi connectivity index (χ0) is 12.9. The van der Waals surface area contributed by atoms with Gasteiger partial charge in [-0.3, -0.25) is 4.79 Å². The van der Waals surface area contributed by atoms with E-state index in [1.807, 2.05) is 0 Å². The lowest BCUT2D eigenvalue weighted by Gasteiger charge is -2.12. The summed E-state index contributed by atoms with van der Waals surface area (Å²) in [7, 11) is 1.75. The molecule has 1 N–H and O–H groups in total. The Bertz CT molecular complexity index is 690. The number of imidazole rings is 1. The molecule has 6 heteroatoms. The Balaban J connectivity index is 2.26. The normalized spacial score (nSPS) is 20.0. The van der Waals surface area contributed by atoms with Gasteiger partial charge in [-0.15, -0.1) is 0 Å². The van der Waals surface area contributed by atoms with E-state index in [0.717, 1.165) is 0 Å². The van der Waals surface area contributed by atoms with E-state index in [4.69, 9.17) is 12.2 Å². The molecule has 0 radical (unpaired) electrons. The summed E-state index contributed by atoms with van der Waals surface area (Å²) in [6.45, 7) is 0.673. The van der Waals surface area contributed by atoms with Gasteiger partial charge < -0.3 is 14.5 Å². The third-order valence-electron chi connectivity index (χ3n) is 3.40. The molecule has 4 nitrogen and oxygen atoms in total. The largest absolute Gasteiger partial charge is 0.344 e. The summed E-state index contributed by atoms with van der Waals surface area (Å²) in [4.78, 5) is 16.6. The molecule has 2 aromatic rings. The number of halogens is 1. The maximum absolute atomic E-state index is 13.9. The molecule has 94 valence electrons. The molecule has 1 amide bonds. The summed E-state index contributed by atoms with van der Waals surface area (Å²) in [6, 6.07) is 4.36. The summed E-state index contributed by atoms with van der Waals surface area (Å²) in [5.41, 5.74) is 1.01. The Hall–Kier alpha value is -1.69. The van der Waals surface area contributed by atoms with E-state index in [9.17, 15) is 9.18 Å². The van der Waals surface area contributed by atoms with Crippen LogP contribution in [0.1, 0.15) is 12.5 Å². The lowest BCUT2D eigenvalue weighted by Crippen LogP contribution is -2.24. The molecule has 18 heavy (non-hydrogen) atoms. The summed E-state index contributed by atoms with van der Waals surface area (Å²) in [5, 5.41) is 0. The number of nitrogens with one attached hydrogen (secondary N) is 1. The lowest BCUT2D eigenvalue weighted by atomic mass is 10.2. The number of aromatic nitrogens is 2. The second-order valence-corrected chi connectivity index (χ2v) is 4.89. The molecule has 1 fully saturated rings. The fourth-order valence-electron chi connectivity index (χ4n) is 2.48. The smallest absolute Gasteiger partial charge is 0.245 e. The molecular formula is C12H12FN3OS. The average molecular weight is 265 g/mol. The van der Waals surface area contributed by atoms with Crippen molar-refractivity contribution in [2.75, 3.05) is 13.6 Å². The minimum Gasteiger partial charge on any atom is -0.344 e. The Morgan fingerprint density at radius 3 is 2.94 bits per heavy atom. The number of H-pyrrole nitrogens is 1. The van der Waals surface area contributed by atoms with Crippen molar-refractivity contribution in [1.29, 1.82) is 0 Å². The van der Waals surface area contributed by atoms with Crippen molar-refractivity contribution in [3.8, 4) is 0 Å². The minimum atomic E-state index is -0.395. The van der Waals surface area contributed by atoms with E-state index in [0.29, 0.717) is 28.8 Å². The van der Waals surface area contributed by atoms with Crippen LogP contribution < -0.4 is 0 Å². The molecule has 1 atom stereocenters. The minimum absolute atomic E-state index is 0.0183. The molecule has 3 rings (SSSR count). The number of fused-ring (bicyclic) bond motifs is 1. The van der Waals surface area contributed by atoms with Crippen molar-refractivity contribution in [2.45, 2.75) is 12.5 Å². The van der Waals surface area contributed by atoms with Crippen LogP contribution in [0.15, 0.2) is 18.2 Å². The molecule has 1 aromatic heterocycles. The SMILES string of the molecule is CN1CCC(n2c(=S)[nH]c3cccc(F)c32)C1=O. The number of likely N-dealkylation sites (tertiary alicyclic amines) is 1. The van der Waals surface area contributed by atoms with Crippen LogP contribution in [0.3, 0.4) is 0 Å². The first kappa shape index (κ1) is 11.4. The molecule has 2 heterocycles. The van der Waals surface area contributed by atoms with Crippen LogP contribution in [0.5, 0.6) is 0 Å². The maximum Gasteiger partial charge on any atom is 0.245 e. The van der Waals surface area contributed by atoms with Gasteiger partial charge in [-0.2, -0.15) is 0 Å². The first-order valence-corrected chi connectivity index (χ1v) is 6.14. The van der Waals surface area contributed by atoms with Crippen molar-refractivity contribution >= 4 is 29.2 Å². The van der Waals surface area contributed by atoms with Gasteiger partial charge in [-0.05, 0) is 30.8 Å². The Kier molecular flexibility index (Phi) is 2.48. The molecule has 1 saturated heterocycles. The predicted octanol–water partition coefficient (Wildman–Crippen LogP) is 2.24. The predicted molar refractivity (Wildman–Crippen MR) is 68.4 cm³/mol. The number of rotatable bonds is 1. The summed E-state index contributed by atoms with van der Waals surface area (Å²) in [6.07, 6.45) is 0.658. The maximum atomic E-state index is 13.9. The van der Waals surface area contributed by atoms with Gasteiger partial charge in [0.2, 0.25) is 5.91 Å². The first-order valence-electron chi connectivity index (χ1n) is 5.73. The number of benzene rings is 1. The fraction of sp³-hybridized carbons (Fsp3) is 0.333. The van der Waals surface area contributed by atoms with E-state index in [-0.39, 0.29) is 11.7 Å². The molecule has 0 bridgehead atoms. The number of amides is 1. The molecule has 0 saturated carbocycles. The average Bonchev–Trinajstić information content (AvgIpc) is 2.82. The highest BCUT2D eigenvalue weighted by atomic mass is 32.1. The van der Waals surface area contributed by atoms with Gasteiger partial charge in [-0.25, -0.2) is 4.39 Å². The molecule has 0 spiro atoms. The van der Waals surface area contributed by atoms with E-state index in [1.54, 1.807) is 28.6 Å². The number of likely N-dealkylation sites (N-methyl/N-ethyl adjacent to an activating group) is 1. The van der Waals surface area contributed by atoms with Crippen LogP contribution in [0.25, 0.3) is 11.0 Å². The quantitative estimate of drug-likeness (QED) is 0.803. The number of nitrogens with zero attached hydrogens (tertiary/aromatic N) is 2. The van der Waals surface area contributed by atoms with Crippen LogP contribution in [-0.2, 0) is 4.79 Å². The van der Waals surface area contributed by atoms with E-state index in [2.05, 4.69) is 4.98 Å². The summed E-state index contributed by atoms with van der Waals surface area (Å²) >= 11 is 5.21. The standard InChI is InChI=1S/C12H12FN3OS/c1-15-6-5-9(11(15)17)16-10-7(13)3-2-4-8(10)14-12(16)18/h2-4,9H,5-6H2,1H3,(H,14,18). The Labute approximate surface area is 108 Å². The number of carbonyl (C=O) groups is 1. The highest BCUT2D eigenvalue weighted by Crippen LogP contribution is 2.28. The van der Waals surface area contributed by atoms with Gasteiger partial charge >= 0.3 is 0 Å². The van der Waals surface area contributed by atoms with Gasteiger partial charge in [0.05, 0.1) is 5.52 Å². The van der Waals surface area contributed by atoms with Gasteiger partial charge in [0, 0.05) is 13.6 Å². The van der Waals surface area contributed by atoms with Crippen molar-refractivity contribution < 1.29 is 9.18 Å². The summed E-state index contributed by atoms with van der Waals surface area (Å²) in [5.74, 6) is -0.377. The molecule has 1 unspecified atom stereocenters. The van der Waals surface area contributed by atoms with E-state index >= 15 is 0 Å². The first-order chi connectivity index (χ1) is 8.59. The van der Waals surface area contributed by atoms with Crippen molar-refractivity contribution in [1.82, 2.24) is 14.5 Å². The van der Waals surface area contributed by atoms with Crippen molar-refractivity contribution in [3.63, 3.8) is 0 Å². The Morgan fingerprint density at radius 2 is 2.28 bits per heavy atom. The van der Waals surface area contributed by atoms with Crippen molar-refractivity contribution in [2.24, 2.45) is 0 Å². The topological polar surface area (TPSA) is 41.0 Å². The lowest BCUT2D eigenvalue weighted by molar-refractivity contribution is -0.129. The van der Waals surface area contributed by atoms with E-state index < -0.39 is 6.04 Å². The second-order valence-electron chi connectivity index (χ2n) is 4.50. The molecule has 1 aliphatic rings. The number of para-hydroxylation sites is 1. The monoisotopic (exact) mass is 265 g/mol.